The molecule has 0 saturated carbocycles. The van der Waals surface area contributed by atoms with Gasteiger partial charge in [-0.15, -0.1) is 6.58 Å². The molecule has 0 bridgehead atoms. The third kappa shape index (κ3) is 9.58. The molecule has 2 atom stereocenters. The number of allylic oxidation sites excluding steroid dienone is 1. The molecule has 0 aromatic heterocycles. The van der Waals surface area contributed by atoms with Crippen molar-refractivity contribution in [3.8, 4) is 0 Å². The monoisotopic (exact) mass is 280 g/mol. The van der Waals surface area contributed by atoms with Gasteiger partial charge in [0.2, 0.25) is 0 Å². The van der Waals surface area contributed by atoms with E-state index in [2.05, 4.69) is 20.4 Å². The molecular formula is C19H36O. The molecule has 118 valence electrons. The number of unbranched alkanes of at least 4 members (excludes halogenated alkanes) is 7. The smallest absolute Gasteiger partial charge is 0.0841 e. The zero-order chi connectivity index (χ0) is 14.6. The van der Waals surface area contributed by atoms with E-state index < -0.39 is 0 Å². The van der Waals surface area contributed by atoms with Gasteiger partial charge in [-0.05, 0) is 31.6 Å². The van der Waals surface area contributed by atoms with E-state index in [1.54, 1.807) is 0 Å². The van der Waals surface area contributed by atoms with Gasteiger partial charge < -0.3 is 4.74 Å². The van der Waals surface area contributed by atoms with E-state index in [-0.39, 0.29) is 0 Å². The molecule has 0 aliphatic carbocycles. The average Bonchev–Trinajstić information content (AvgIpc) is 3.16. The van der Waals surface area contributed by atoms with E-state index in [9.17, 15) is 0 Å². The highest BCUT2D eigenvalue weighted by Gasteiger charge is 2.36. The van der Waals surface area contributed by atoms with Gasteiger partial charge in [0.05, 0.1) is 12.2 Å². The molecule has 0 aromatic carbocycles. The van der Waals surface area contributed by atoms with Crippen molar-refractivity contribution in [2.45, 2.75) is 103 Å². The molecule has 1 nitrogen and oxygen atoms in total. The molecular weight excluding hydrogens is 244 g/mol. The Morgan fingerprint density at radius 1 is 0.850 bits per heavy atom. The normalized spacial score (nSPS) is 21.4. The summed E-state index contributed by atoms with van der Waals surface area (Å²) < 4.78 is 5.77. The highest BCUT2D eigenvalue weighted by Crippen LogP contribution is 2.31. The van der Waals surface area contributed by atoms with Gasteiger partial charge in [0.1, 0.15) is 0 Å². The molecule has 0 N–H and O–H groups in total. The van der Waals surface area contributed by atoms with Crippen LogP contribution in [0.4, 0.5) is 0 Å². The molecule has 1 saturated heterocycles. The van der Waals surface area contributed by atoms with Crippen LogP contribution in [-0.4, -0.2) is 12.2 Å². The van der Waals surface area contributed by atoms with Crippen molar-refractivity contribution in [3.05, 3.63) is 12.7 Å². The molecule has 0 spiro atoms. The van der Waals surface area contributed by atoms with Gasteiger partial charge in [-0.2, -0.15) is 0 Å². The van der Waals surface area contributed by atoms with Crippen LogP contribution in [0, 0.1) is 5.92 Å². The molecule has 1 aliphatic rings. The molecule has 0 aromatic rings. The first kappa shape index (κ1) is 17.8. The number of epoxide rings is 1. The second-order valence-electron chi connectivity index (χ2n) is 6.88. The Balaban J connectivity index is 1.77. The van der Waals surface area contributed by atoms with Crippen LogP contribution in [0.2, 0.25) is 0 Å². The van der Waals surface area contributed by atoms with E-state index in [1.807, 2.05) is 6.08 Å². The van der Waals surface area contributed by atoms with Gasteiger partial charge in [0.25, 0.3) is 0 Å². The summed E-state index contributed by atoms with van der Waals surface area (Å²) in [6.45, 7) is 8.39. The van der Waals surface area contributed by atoms with Crippen molar-refractivity contribution >= 4 is 0 Å². The van der Waals surface area contributed by atoms with Crippen molar-refractivity contribution in [2.75, 3.05) is 0 Å². The first-order chi connectivity index (χ1) is 9.74. The summed E-state index contributed by atoms with van der Waals surface area (Å²) in [6.07, 6.45) is 19.5. The Morgan fingerprint density at radius 3 is 2.00 bits per heavy atom. The highest BCUT2D eigenvalue weighted by atomic mass is 16.6. The number of rotatable bonds is 14. The Labute approximate surface area is 127 Å². The van der Waals surface area contributed by atoms with E-state index in [0.29, 0.717) is 12.2 Å². The van der Waals surface area contributed by atoms with Crippen LogP contribution in [0.25, 0.3) is 0 Å². The maximum atomic E-state index is 5.77. The summed E-state index contributed by atoms with van der Waals surface area (Å²) in [4.78, 5) is 0. The lowest BCUT2D eigenvalue weighted by Crippen LogP contribution is -1.95. The second-order valence-corrected chi connectivity index (χ2v) is 6.88. The minimum Gasteiger partial charge on any atom is -0.370 e. The average molecular weight is 280 g/mol. The Kier molecular flexibility index (Phi) is 10.1. The first-order valence-electron chi connectivity index (χ1n) is 9.00. The minimum absolute atomic E-state index is 0.620. The molecule has 0 radical (unpaired) electrons. The van der Waals surface area contributed by atoms with Crippen LogP contribution in [0.15, 0.2) is 12.7 Å². The van der Waals surface area contributed by atoms with Gasteiger partial charge in [-0.25, -0.2) is 0 Å². The summed E-state index contributed by atoms with van der Waals surface area (Å²) in [5, 5.41) is 0. The molecule has 1 heterocycles. The maximum absolute atomic E-state index is 5.77. The highest BCUT2D eigenvalue weighted by molar-refractivity contribution is 4.84. The van der Waals surface area contributed by atoms with Crippen molar-refractivity contribution in [1.82, 2.24) is 0 Å². The molecule has 1 rings (SSSR count). The third-order valence-electron chi connectivity index (χ3n) is 4.35. The van der Waals surface area contributed by atoms with E-state index in [4.69, 9.17) is 4.74 Å². The second kappa shape index (κ2) is 11.4. The lowest BCUT2D eigenvalue weighted by molar-refractivity contribution is 0.346. The van der Waals surface area contributed by atoms with Gasteiger partial charge in [0.15, 0.2) is 0 Å². The summed E-state index contributed by atoms with van der Waals surface area (Å²) >= 11 is 0. The largest absolute Gasteiger partial charge is 0.370 e. The lowest BCUT2D eigenvalue weighted by Gasteiger charge is -2.02. The minimum atomic E-state index is 0.620. The maximum Gasteiger partial charge on any atom is 0.0841 e. The van der Waals surface area contributed by atoms with E-state index in [0.717, 1.165) is 5.92 Å². The van der Waals surface area contributed by atoms with Gasteiger partial charge in [0, 0.05) is 0 Å². The molecule has 1 fully saturated rings. The summed E-state index contributed by atoms with van der Waals surface area (Å²) in [5.41, 5.74) is 0. The van der Waals surface area contributed by atoms with E-state index in [1.165, 1.54) is 77.0 Å². The molecule has 20 heavy (non-hydrogen) atoms. The zero-order valence-electron chi connectivity index (χ0n) is 13.9. The lowest BCUT2D eigenvalue weighted by atomic mass is 10.0. The fourth-order valence-corrected chi connectivity index (χ4v) is 2.93. The topological polar surface area (TPSA) is 12.5 Å². The Morgan fingerprint density at radius 2 is 1.40 bits per heavy atom. The number of hydrogen-bond acceptors (Lipinski definition) is 1. The fourth-order valence-electron chi connectivity index (χ4n) is 2.93. The van der Waals surface area contributed by atoms with Crippen molar-refractivity contribution in [3.63, 3.8) is 0 Å². The number of ether oxygens (including phenoxy) is 1. The summed E-state index contributed by atoms with van der Waals surface area (Å²) in [7, 11) is 0. The fraction of sp³-hybridized carbons (Fsp3) is 0.895. The van der Waals surface area contributed by atoms with Crippen LogP contribution in [-0.2, 0) is 4.74 Å². The van der Waals surface area contributed by atoms with Crippen molar-refractivity contribution in [1.29, 1.82) is 0 Å². The van der Waals surface area contributed by atoms with Gasteiger partial charge in [-0.1, -0.05) is 71.3 Å². The Hall–Kier alpha value is -0.300. The van der Waals surface area contributed by atoms with Crippen LogP contribution in [0.1, 0.15) is 90.9 Å². The van der Waals surface area contributed by atoms with Crippen LogP contribution in [0.3, 0.4) is 0 Å². The van der Waals surface area contributed by atoms with Gasteiger partial charge in [-0.3, -0.25) is 0 Å². The quantitative estimate of drug-likeness (QED) is 0.207. The predicted octanol–water partition coefficient (Wildman–Crippen LogP) is 6.28. The van der Waals surface area contributed by atoms with Crippen LogP contribution >= 0.6 is 0 Å². The molecule has 0 unspecified atom stereocenters. The zero-order valence-corrected chi connectivity index (χ0v) is 13.9. The molecule has 1 aliphatic heterocycles. The summed E-state index contributed by atoms with van der Waals surface area (Å²) in [6, 6.07) is 0. The van der Waals surface area contributed by atoms with Crippen LogP contribution < -0.4 is 0 Å². The van der Waals surface area contributed by atoms with Crippen molar-refractivity contribution < 1.29 is 4.74 Å². The first-order valence-corrected chi connectivity index (χ1v) is 9.00. The number of hydrogen-bond donors (Lipinski definition) is 0. The Bertz CT molecular complexity index is 234. The third-order valence-corrected chi connectivity index (χ3v) is 4.35. The standard InChI is InChI=1S/C19H36O/c1-4-5-6-7-8-9-10-11-15-18-19(20-18)16-13-12-14-17(2)3/h4,17-19H,1,5-16H2,2-3H3/t18-,19+/m1/s1. The molecule has 1 heteroatoms. The SMILES string of the molecule is C=CCCCCCCCC[C@H]1O[C@H]1CCCCC(C)C. The van der Waals surface area contributed by atoms with Crippen LogP contribution in [0.5, 0.6) is 0 Å². The van der Waals surface area contributed by atoms with Crippen molar-refractivity contribution in [2.24, 2.45) is 5.92 Å². The van der Waals surface area contributed by atoms with E-state index >= 15 is 0 Å². The summed E-state index contributed by atoms with van der Waals surface area (Å²) in [5.74, 6) is 0.859. The van der Waals surface area contributed by atoms with Gasteiger partial charge >= 0.3 is 0 Å². The predicted molar refractivity (Wildman–Crippen MR) is 89.1 cm³/mol. The molecule has 0 amide bonds.